The van der Waals surface area contributed by atoms with Gasteiger partial charge in [0.05, 0.1) is 11.0 Å². The van der Waals surface area contributed by atoms with Gasteiger partial charge >= 0.3 is 0 Å². The van der Waals surface area contributed by atoms with Gasteiger partial charge < -0.3 is 9.47 Å². The van der Waals surface area contributed by atoms with Crippen molar-refractivity contribution in [2.45, 2.75) is 12.8 Å². The van der Waals surface area contributed by atoms with Crippen molar-refractivity contribution in [3.05, 3.63) is 77.1 Å². The molecule has 1 fully saturated rings. The zero-order valence-corrected chi connectivity index (χ0v) is 18.4. The minimum absolute atomic E-state index is 0.728. The Balaban J connectivity index is 1.36. The molecule has 154 valence electrons. The molecule has 0 unspecified atom stereocenters. The lowest BCUT2D eigenvalue weighted by Crippen LogP contribution is -2.23. The summed E-state index contributed by atoms with van der Waals surface area (Å²) < 4.78 is 2.16. The summed E-state index contributed by atoms with van der Waals surface area (Å²) in [4.78, 5) is 11.6. The Morgan fingerprint density at radius 3 is 2.52 bits per heavy atom. The quantitative estimate of drug-likeness (QED) is 0.402. The highest BCUT2D eigenvalue weighted by Crippen LogP contribution is 2.31. The molecule has 0 saturated heterocycles. The zero-order chi connectivity index (χ0) is 21.4. The van der Waals surface area contributed by atoms with Crippen LogP contribution in [0.4, 0.5) is 5.95 Å². The minimum Gasteiger partial charge on any atom is -0.345 e. The fraction of sp³-hybridized carbons (Fsp3) is 0.231. The SMILES string of the molecule is CN(CC1CC1)c1nc2cc(C#Cc3ccc(-c4ccc(Cl)cc4)cn3)ccc2n1C. The van der Waals surface area contributed by atoms with E-state index in [1.54, 1.807) is 0 Å². The van der Waals surface area contributed by atoms with Crippen molar-refractivity contribution in [2.24, 2.45) is 13.0 Å². The molecule has 1 saturated carbocycles. The summed E-state index contributed by atoms with van der Waals surface area (Å²) in [7, 11) is 4.20. The summed E-state index contributed by atoms with van der Waals surface area (Å²) in [6.07, 6.45) is 4.52. The number of aromatic nitrogens is 3. The van der Waals surface area contributed by atoms with Gasteiger partial charge in [-0.2, -0.15) is 0 Å². The van der Waals surface area contributed by atoms with Crippen LogP contribution in [-0.4, -0.2) is 28.1 Å². The minimum atomic E-state index is 0.728. The molecule has 4 aromatic rings. The van der Waals surface area contributed by atoms with E-state index < -0.39 is 0 Å². The fourth-order valence-electron chi connectivity index (χ4n) is 3.79. The van der Waals surface area contributed by atoms with E-state index in [0.29, 0.717) is 0 Å². The average molecular weight is 427 g/mol. The van der Waals surface area contributed by atoms with E-state index in [9.17, 15) is 0 Å². The van der Waals surface area contributed by atoms with Gasteiger partial charge in [-0.25, -0.2) is 9.97 Å². The number of hydrogen-bond acceptors (Lipinski definition) is 3. The number of nitrogens with zero attached hydrogens (tertiary/aromatic N) is 4. The van der Waals surface area contributed by atoms with Crippen LogP contribution in [-0.2, 0) is 7.05 Å². The first kappa shape index (κ1) is 19.7. The number of halogens is 1. The van der Waals surface area contributed by atoms with Crippen LogP contribution in [0.15, 0.2) is 60.8 Å². The first-order chi connectivity index (χ1) is 15.1. The average Bonchev–Trinajstić information content (AvgIpc) is 3.54. The maximum Gasteiger partial charge on any atom is 0.206 e. The fourth-order valence-corrected chi connectivity index (χ4v) is 3.92. The molecule has 4 nitrogen and oxygen atoms in total. The Kier molecular flexibility index (Phi) is 5.13. The largest absolute Gasteiger partial charge is 0.345 e. The summed E-state index contributed by atoms with van der Waals surface area (Å²) in [6.45, 7) is 1.07. The Labute approximate surface area is 187 Å². The van der Waals surface area contributed by atoms with Gasteiger partial charge in [0.25, 0.3) is 0 Å². The van der Waals surface area contributed by atoms with Gasteiger partial charge in [0.2, 0.25) is 5.95 Å². The van der Waals surface area contributed by atoms with Gasteiger partial charge in [0.15, 0.2) is 0 Å². The van der Waals surface area contributed by atoms with E-state index in [1.165, 1.54) is 12.8 Å². The molecule has 5 heteroatoms. The van der Waals surface area contributed by atoms with Crippen molar-refractivity contribution >= 4 is 28.6 Å². The number of rotatable bonds is 4. The van der Waals surface area contributed by atoms with Gasteiger partial charge in [-0.15, -0.1) is 0 Å². The number of aryl methyl sites for hydroxylation is 1. The summed E-state index contributed by atoms with van der Waals surface area (Å²) in [5.74, 6) is 8.22. The molecule has 2 aromatic heterocycles. The summed E-state index contributed by atoms with van der Waals surface area (Å²) in [6, 6.07) is 17.9. The molecule has 2 aromatic carbocycles. The molecule has 31 heavy (non-hydrogen) atoms. The van der Waals surface area contributed by atoms with Crippen molar-refractivity contribution in [3.63, 3.8) is 0 Å². The van der Waals surface area contributed by atoms with Crippen LogP contribution in [0.3, 0.4) is 0 Å². The van der Waals surface area contributed by atoms with E-state index in [-0.39, 0.29) is 0 Å². The third-order valence-electron chi connectivity index (χ3n) is 5.70. The lowest BCUT2D eigenvalue weighted by atomic mass is 10.1. The summed E-state index contributed by atoms with van der Waals surface area (Å²) in [5, 5.41) is 0.728. The maximum absolute atomic E-state index is 5.97. The number of fused-ring (bicyclic) bond motifs is 1. The molecule has 0 atom stereocenters. The van der Waals surface area contributed by atoms with E-state index >= 15 is 0 Å². The zero-order valence-electron chi connectivity index (χ0n) is 17.6. The molecule has 0 aliphatic heterocycles. The monoisotopic (exact) mass is 426 g/mol. The topological polar surface area (TPSA) is 34.0 Å². The van der Waals surface area contributed by atoms with Crippen molar-refractivity contribution < 1.29 is 0 Å². The van der Waals surface area contributed by atoms with Crippen LogP contribution in [0, 0.1) is 17.8 Å². The third-order valence-corrected chi connectivity index (χ3v) is 5.96. The third kappa shape index (κ3) is 4.28. The highest BCUT2D eigenvalue weighted by molar-refractivity contribution is 6.30. The van der Waals surface area contributed by atoms with Gasteiger partial charge in [-0.3, -0.25) is 0 Å². The Morgan fingerprint density at radius 1 is 1.03 bits per heavy atom. The van der Waals surface area contributed by atoms with Gasteiger partial charge in [0, 0.05) is 43.0 Å². The molecule has 2 heterocycles. The first-order valence-electron chi connectivity index (χ1n) is 10.5. The molecule has 0 radical (unpaired) electrons. The number of anilines is 1. The predicted molar refractivity (Wildman–Crippen MR) is 127 cm³/mol. The van der Waals surface area contributed by atoms with Crippen LogP contribution in [0.2, 0.25) is 5.02 Å². The van der Waals surface area contributed by atoms with Crippen molar-refractivity contribution in [1.82, 2.24) is 14.5 Å². The smallest absolute Gasteiger partial charge is 0.206 e. The lowest BCUT2D eigenvalue weighted by molar-refractivity contribution is 0.746. The number of imidazole rings is 1. The number of hydrogen-bond donors (Lipinski definition) is 0. The Morgan fingerprint density at radius 2 is 1.81 bits per heavy atom. The second kappa shape index (κ2) is 8.09. The van der Waals surface area contributed by atoms with Crippen molar-refractivity contribution in [3.8, 4) is 23.0 Å². The summed E-state index contributed by atoms with van der Waals surface area (Å²) >= 11 is 5.97. The van der Waals surface area contributed by atoms with Crippen LogP contribution < -0.4 is 4.90 Å². The standard InChI is InChI=1S/C26H23ClN4/c1-30(17-19-3-4-19)26-29-24-15-18(6-14-25(24)31(26)2)5-12-23-13-9-21(16-28-23)20-7-10-22(27)11-8-20/h6-11,13-16,19H,3-4,17H2,1-2H3. The van der Waals surface area contributed by atoms with Crippen LogP contribution in [0.1, 0.15) is 24.1 Å². The van der Waals surface area contributed by atoms with E-state index in [2.05, 4.69) is 52.5 Å². The first-order valence-corrected chi connectivity index (χ1v) is 10.9. The number of pyridine rings is 1. The van der Waals surface area contributed by atoms with E-state index in [4.69, 9.17) is 16.6 Å². The van der Waals surface area contributed by atoms with E-state index in [1.807, 2.05) is 48.7 Å². The van der Waals surface area contributed by atoms with Crippen molar-refractivity contribution in [1.29, 1.82) is 0 Å². The van der Waals surface area contributed by atoms with Gasteiger partial charge in [-0.1, -0.05) is 35.7 Å². The molecule has 0 spiro atoms. The normalized spacial score (nSPS) is 13.1. The molecule has 5 rings (SSSR count). The van der Waals surface area contributed by atoms with E-state index in [0.717, 1.165) is 56.9 Å². The second-order valence-corrected chi connectivity index (χ2v) is 8.62. The molecule has 1 aliphatic carbocycles. The van der Waals surface area contributed by atoms with Gasteiger partial charge in [-0.05, 0) is 66.6 Å². The number of benzene rings is 2. The van der Waals surface area contributed by atoms with Crippen LogP contribution in [0.5, 0.6) is 0 Å². The lowest BCUT2D eigenvalue weighted by Gasteiger charge is -2.17. The second-order valence-electron chi connectivity index (χ2n) is 8.19. The Bertz CT molecular complexity index is 1290. The molecule has 0 bridgehead atoms. The molecule has 1 aliphatic rings. The molecular formula is C26H23ClN4. The Hall–Kier alpha value is -3.29. The molecule has 0 amide bonds. The van der Waals surface area contributed by atoms with Crippen LogP contribution in [0.25, 0.3) is 22.2 Å². The van der Waals surface area contributed by atoms with Gasteiger partial charge in [0.1, 0.15) is 5.69 Å². The molecule has 0 N–H and O–H groups in total. The molecular weight excluding hydrogens is 404 g/mol. The van der Waals surface area contributed by atoms with Crippen molar-refractivity contribution in [2.75, 3.05) is 18.5 Å². The maximum atomic E-state index is 5.97. The van der Waals surface area contributed by atoms with Crippen LogP contribution >= 0.6 is 11.6 Å². The highest BCUT2D eigenvalue weighted by atomic mass is 35.5. The highest BCUT2D eigenvalue weighted by Gasteiger charge is 2.24. The summed E-state index contributed by atoms with van der Waals surface area (Å²) in [5.41, 5.74) is 5.89. The predicted octanol–water partition coefficient (Wildman–Crippen LogP) is 5.53.